The molecule has 0 fully saturated rings. The molecular formula is C13H11ClINOS2. The summed E-state index contributed by atoms with van der Waals surface area (Å²) in [6.45, 7) is 4.81. The fourth-order valence-electron chi connectivity index (χ4n) is 1.60. The van der Waals surface area contributed by atoms with Crippen molar-refractivity contribution in [2.24, 2.45) is 0 Å². The number of hydrogen-bond acceptors (Lipinski definition) is 3. The summed E-state index contributed by atoms with van der Waals surface area (Å²) in [6, 6.07) is 5.71. The van der Waals surface area contributed by atoms with E-state index in [4.69, 9.17) is 11.6 Å². The van der Waals surface area contributed by atoms with Crippen LogP contribution in [0.2, 0.25) is 4.34 Å². The highest BCUT2D eigenvalue weighted by molar-refractivity contribution is 14.1. The molecule has 0 aliphatic heterocycles. The van der Waals surface area contributed by atoms with Gasteiger partial charge < -0.3 is 4.90 Å². The van der Waals surface area contributed by atoms with Crippen molar-refractivity contribution in [3.63, 3.8) is 0 Å². The summed E-state index contributed by atoms with van der Waals surface area (Å²) < 4.78 is 1.85. The highest BCUT2D eigenvalue weighted by atomic mass is 127. The molecule has 0 bridgehead atoms. The first-order valence-corrected chi connectivity index (χ1v) is 8.64. The van der Waals surface area contributed by atoms with Gasteiger partial charge in [-0.3, -0.25) is 4.79 Å². The maximum Gasteiger partial charge on any atom is 0.255 e. The van der Waals surface area contributed by atoms with Gasteiger partial charge in [0.15, 0.2) is 0 Å². The summed E-state index contributed by atoms with van der Waals surface area (Å²) in [4.78, 5) is 15.3. The van der Waals surface area contributed by atoms with Crippen LogP contribution in [0.4, 0.5) is 0 Å². The van der Waals surface area contributed by atoms with Crippen molar-refractivity contribution in [2.75, 3.05) is 6.54 Å². The summed E-state index contributed by atoms with van der Waals surface area (Å²) >= 11 is 11.2. The highest BCUT2D eigenvalue weighted by Gasteiger charge is 2.17. The Labute approximate surface area is 138 Å². The van der Waals surface area contributed by atoms with Crippen LogP contribution in [-0.4, -0.2) is 17.4 Å². The third kappa shape index (κ3) is 4.05. The quantitative estimate of drug-likeness (QED) is 0.495. The van der Waals surface area contributed by atoms with E-state index in [1.807, 2.05) is 23.6 Å². The number of nitrogens with zero attached hydrogens (tertiary/aromatic N) is 1. The van der Waals surface area contributed by atoms with Crippen LogP contribution < -0.4 is 0 Å². The highest BCUT2D eigenvalue weighted by Crippen LogP contribution is 2.24. The van der Waals surface area contributed by atoms with Crippen LogP contribution in [0.1, 0.15) is 15.2 Å². The van der Waals surface area contributed by atoms with E-state index < -0.39 is 0 Å². The number of carbonyl (C=O) groups is 1. The Morgan fingerprint density at radius 1 is 1.53 bits per heavy atom. The fraction of sp³-hybridized carbons (Fsp3) is 0.154. The predicted molar refractivity (Wildman–Crippen MR) is 91.3 cm³/mol. The number of thiophene rings is 2. The second-order valence-corrected chi connectivity index (χ2v) is 8.42. The molecule has 0 N–H and O–H groups in total. The van der Waals surface area contributed by atoms with Gasteiger partial charge in [-0.2, -0.15) is 0 Å². The largest absolute Gasteiger partial charge is 0.330 e. The number of amides is 1. The molecule has 100 valence electrons. The van der Waals surface area contributed by atoms with Gasteiger partial charge in [0.05, 0.1) is 19.3 Å². The first-order chi connectivity index (χ1) is 9.10. The molecule has 2 aromatic rings. The van der Waals surface area contributed by atoms with Crippen LogP contribution in [0.15, 0.2) is 36.2 Å². The maximum absolute atomic E-state index is 12.4. The topological polar surface area (TPSA) is 20.3 Å². The Hall–Kier alpha value is -0.370. The van der Waals surface area contributed by atoms with E-state index in [1.165, 1.54) is 11.3 Å². The Morgan fingerprint density at radius 3 is 2.84 bits per heavy atom. The average molecular weight is 424 g/mol. The lowest BCUT2D eigenvalue weighted by atomic mass is 10.3. The first kappa shape index (κ1) is 15.0. The van der Waals surface area contributed by atoms with Gasteiger partial charge in [-0.05, 0) is 40.8 Å². The Morgan fingerprint density at radius 2 is 2.32 bits per heavy atom. The molecule has 0 unspecified atom stereocenters. The van der Waals surface area contributed by atoms with Crippen molar-refractivity contribution in [1.82, 2.24) is 4.90 Å². The van der Waals surface area contributed by atoms with Crippen molar-refractivity contribution in [1.29, 1.82) is 0 Å². The SMILES string of the molecule is C=CCN(Cc1ccc(Cl)s1)C(=O)c1csc(I)c1. The monoisotopic (exact) mass is 423 g/mol. The third-order valence-electron chi connectivity index (χ3n) is 2.43. The molecule has 19 heavy (non-hydrogen) atoms. The summed E-state index contributed by atoms with van der Waals surface area (Å²) in [5, 5.41) is 1.89. The molecule has 0 aliphatic rings. The Bertz CT molecular complexity index is 593. The summed E-state index contributed by atoms with van der Waals surface area (Å²) in [5.41, 5.74) is 0.735. The van der Waals surface area contributed by atoms with Gasteiger partial charge in [-0.15, -0.1) is 29.3 Å². The van der Waals surface area contributed by atoms with Crippen LogP contribution in [-0.2, 0) is 6.54 Å². The molecule has 0 atom stereocenters. The molecule has 2 aromatic heterocycles. The number of halogens is 2. The third-order valence-corrected chi connectivity index (χ3v) is 5.43. The van der Waals surface area contributed by atoms with Crippen LogP contribution >= 0.6 is 56.9 Å². The second-order valence-electron chi connectivity index (χ2n) is 3.82. The first-order valence-electron chi connectivity index (χ1n) is 5.48. The lowest BCUT2D eigenvalue weighted by Crippen LogP contribution is -2.30. The maximum atomic E-state index is 12.4. The molecule has 2 rings (SSSR count). The molecular weight excluding hydrogens is 413 g/mol. The van der Waals surface area contributed by atoms with E-state index in [0.717, 1.165) is 17.7 Å². The van der Waals surface area contributed by atoms with Crippen LogP contribution in [0, 0.1) is 2.88 Å². The molecule has 0 radical (unpaired) electrons. The number of hydrogen-bond donors (Lipinski definition) is 0. The molecule has 0 aliphatic carbocycles. The minimum Gasteiger partial charge on any atom is -0.330 e. The van der Waals surface area contributed by atoms with Crippen LogP contribution in [0.25, 0.3) is 0 Å². The second kappa shape index (κ2) is 6.88. The lowest BCUT2D eigenvalue weighted by molar-refractivity contribution is 0.0765. The van der Waals surface area contributed by atoms with E-state index >= 15 is 0 Å². The van der Waals surface area contributed by atoms with Crippen molar-refractivity contribution in [3.8, 4) is 0 Å². The van der Waals surface area contributed by atoms with Gasteiger partial charge in [0.1, 0.15) is 0 Å². The normalized spacial score (nSPS) is 10.4. The zero-order valence-electron chi connectivity index (χ0n) is 9.94. The molecule has 0 saturated carbocycles. The summed E-state index contributed by atoms with van der Waals surface area (Å²) in [5.74, 6) is 0.0311. The number of rotatable bonds is 5. The summed E-state index contributed by atoms with van der Waals surface area (Å²) in [6.07, 6.45) is 1.74. The van der Waals surface area contributed by atoms with Gasteiger partial charge >= 0.3 is 0 Å². The van der Waals surface area contributed by atoms with E-state index in [1.54, 1.807) is 22.3 Å². The van der Waals surface area contributed by atoms with Crippen molar-refractivity contribution >= 4 is 62.8 Å². The van der Waals surface area contributed by atoms with Gasteiger partial charge in [-0.25, -0.2) is 0 Å². The molecule has 0 saturated heterocycles. The summed E-state index contributed by atoms with van der Waals surface area (Å²) in [7, 11) is 0. The minimum atomic E-state index is 0.0311. The van der Waals surface area contributed by atoms with Crippen molar-refractivity contribution < 1.29 is 4.79 Å². The fourth-order valence-corrected chi connectivity index (χ4v) is 4.03. The van der Waals surface area contributed by atoms with Crippen molar-refractivity contribution in [2.45, 2.75) is 6.54 Å². The van der Waals surface area contributed by atoms with Gasteiger partial charge in [-0.1, -0.05) is 17.7 Å². The number of carbonyl (C=O) groups excluding carboxylic acids is 1. The van der Waals surface area contributed by atoms with Gasteiger partial charge in [0.25, 0.3) is 5.91 Å². The zero-order chi connectivity index (χ0) is 13.8. The van der Waals surface area contributed by atoms with E-state index in [2.05, 4.69) is 29.2 Å². The lowest BCUT2D eigenvalue weighted by Gasteiger charge is -2.19. The van der Waals surface area contributed by atoms with E-state index in [-0.39, 0.29) is 5.91 Å². The molecule has 0 aromatic carbocycles. The minimum absolute atomic E-state index is 0.0311. The van der Waals surface area contributed by atoms with E-state index in [0.29, 0.717) is 13.1 Å². The Kier molecular flexibility index (Phi) is 5.44. The molecule has 2 heterocycles. The zero-order valence-corrected chi connectivity index (χ0v) is 14.5. The van der Waals surface area contributed by atoms with Gasteiger partial charge in [0.2, 0.25) is 0 Å². The predicted octanol–water partition coefficient (Wildman–Crippen LogP) is 4.90. The molecule has 6 heteroatoms. The van der Waals surface area contributed by atoms with E-state index in [9.17, 15) is 4.79 Å². The van der Waals surface area contributed by atoms with Crippen LogP contribution in [0.3, 0.4) is 0 Å². The molecule has 0 spiro atoms. The van der Waals surface area contributed by atoms with Crippen LogP contribution in [0.5, 0.6) is 0 Å². The smallest absolute Gasteiger partial charge is 0.255 e. The standard InChI is InChI=1S/C13H11ClINOS2/c1-2-5-16(7-10-3-4-11(14)19-10)13(17)9-6-12(15)18-8-9/h2-4,6,8H,1,5,7H2. The Balaban J connectivity index is 2.15. The molecule has 1 amide bonds. The average Bonchev–Trinajstić information content (AvgIpc) is 2.97. The molecule has 2 nitrogen and oxygen atoms in total. The van der Waals surface area contributed by atoms with Gasteiger partial charge in [0, 0.05) is 16.8 Å². The van der Waals surface area contributed by atoms with Crippen molar-refractivity contribution in [3.05, 3.63) is 53.9 Å².